The van der Waals surface area contributed by atoms with Crippen LogP contribution in [0.4, 0.5) is 4.39 Å². The zero-order valence-electron chi connectivity index (χ0n) is 11.9. The Labute approximate surface area is 119 Å². The maximum Gasteiger partial charge on any atom is 0.123 e. The summed E-state index contributed by atoms with van der Waals surface area (Å²) in [5.41, 5.74) is 1.15. The predicted molar refractivity (Wildman–Crippen MR) is 75.0 cm³/mol. The lowest BCUT2D eigenvalue weighted by Crippen LogP contribution is -2.41. The smallest absolute Gasteiger partial charge is 0.123 e. The Hall–Kier alpha value is -0.970. The van der Waals surface area contributed by atoms with Crippen LogP contribution in [0, 0.1) is 5.82 Å². The van der Waals surface area contributed by atoms with Crippen LogP contribution in [0.15, 0.2) is 24.3 Å². The van der Waals surface area contributed by atoms with Crippen LogP contribution < -0.4 is 0 Å². The standard InChI is InChI=1S/C16H22FNO2/c1-2-19-15-11-18(14-4-3-9-20-16(14)15)10-12-5-7-13(17)8-6-12/h5-8,14-16H,2-4,9-11H2,1H3/t14-,15+,16+/m1/s1. The van der Waals surface area contributed by atoms with Crippen molar-refractivity contribution in [3.8, 4) is 0 Å². The van der Waals surface area contributed by atoms with E-state index < -0.39 is 0 Å². The molecule has 2 heterocycles. The molecule has 20 heavy (non-hydrogen) atoms. The van der Waals surface area contributed by atoms with E-state index in [0.717, 1.165) is 44.7 Å². The predicted octanol–water partition coefficient (Wildman–Crippen LogP) is 2.59. The van der Waals surface area contributed by atoms with Crippen molar-refractivity contribution in [2.24, 2.45) is 0 Å². The molecule has 0 bridgehead atoms. The van der Waals surface area contributed by atoms with E-state index in [1.54, 1.807) is 0 Å². The SMILES string of the molecule is CCO[C@H]1CN(Cc2ccc(F)cc2)[C@@H]2CCCO[C@H]12. The number of nitrogens with zero attached hydrogens (tertiary/aromatic N) is 1. The van der Waals surface area contributed by atoms with Gasteiger partial charge >= 0.3 is 0 Å². The summed E-state index contributed by atoms with van der Waals surface area (Å²) in [5, 5.41) is 0. The quantitative estimate of drug-likeness (QED) is 0.845. The first kappa shape index (κ1) is 14.0. The Kier molecular flexibility index (Phi) is 4.34. The third-order valence-corrected chi connectivity index (χ3v) is 4.26. The number of benzene rings is 1. The number of ether oxygens (including phenoxy) is 2. The molecule has 2 saturated heterocycles. The van der Waals surface area contributed by atoms with Gasteiger partial charge in [-0.1, -0.05) is 12.1 Å². The summed E-state index contributed by atoms with van der Waals surface area (Å²) in [7, 11) is 0. The van der Waals surface area contributed by atoms with Gasteiger partial charge in [-0.3, -0.25) is 4.90 Å². The normalized spacial score (nSPS) is 30.4. The maximum absolute atomic E-state index is 13.0. The van der Waals surface area contributed by atoms with Gasteiger partial charge in [0.2, 0.25) is 0 Å². The molecule has 0 amide bonds. The number of likely N-dealkylation sites (tertiary alicyclic amines) is 1. The Bertz CT molecular complexity index is 437. The van der Waals surface area contributed by atoms with Crippen molar-refractivity contribution >= 4 is 0 Å². The molecule has 3 atom stereocenters. The molecule has 1 aromatic carbocycles. The molecule has 2 fully saturated rings. The minimum atomic E-state index is -0.179. The van der Waals surface area contributed by atoms with E-state index in [-0.39, 0.29) is 18.0 Å². The Morgan fingerprint density at radius 1 is 1.35 bits per heavy atom. The van der Waals surface area contributed by atoms with Crippen LogP contribution in [0.25, 0.3) is 0 Å². The molecule has 0 unspecified atom stereocenters. The minimum absolute atomic E-state index is 0.172. The van der Waals surface area contributed by atoms with Crippen LogP contribution in [-0.4, -0.2) is 42.9 Å². The fourth-order valence-electron chi connectivity index (χ4n) is 3.37. The van der Waals surface area contributed by atoms with Crippen LogP contribution in [0.3, 0.4) is 0 Å². The summed E-state index contributed by atoms with van der Waals surface area (Å²) in [6.45, 7) is 5.34. The molecule has 1 aromatic rings. The molecule has 2 aliphatic heterocycles. The van der Waals surface area contributed by atoms with Crippen LogP contribution in [-0.2, 0) is 16.0 Å². The van der Waals surface area contributed by atoms with Gasteiger partial charge in [-0.25, -0.2) is 4.39 Å². The topological polar surface area (TPSA) is 21.7 Å². The zero-order chi connectivity index (χ0) is 13.9. The highest BCUT2D eigenvalue weighted by Gasteiger charge is 2.44. The van der Waals surface area contributed by atoms with Gasteiger partial charge in [0.1, 0.15) is 11.9 Å². The van der Waals surface area contributed by atoms with Crippen molar-refractivity contribution in [2.45, 2.75) is 44.6 Å². The minimum Gasteiger partial charge on any atom is -0.374 e. The van der Waals surface area contributed by atoms with E-state index >= 15 is 0 Å². The average Bonchev–Trinajstić information content (AvgIpc) is 2.81. The second-order valence-corrected chi connectivity index (χ2v) is 5.59. The summed E-state index contributed by atoms with van der Waals surface area (Å²) in [4.78, 5) is 2.43. The highest BCUT2D eigenvalue weighted by molar-refractivity contribution is 5.16. The Morgan fingerprint density at radius 3 is 2.90 bits per heavy atom. The average molecular weight is 279 g/mol. The summed E-state index contributed by atoms with van der Waals surface area (Å²) >= 11 is 0. The highest BCUT2D eigenvalue weighted by atomic mass is 19.1. The molecule has 2 aliphatic rings. The molecule has 0 N–H and O–H groups in total. The summed E-state index contributed by atoms with van der Waals surface area (Å²) in [6.07, 6.45) is 2.64. The fraction of sp³-hybridized carbons (Fsp3) is 0.625. The summed E-state index contributed by atoms with van der Waals surface area (Å²) in [5.74, 6) is -0.179. The molecular formula is C16H22FNO2. The molecule has 4 heteroatoms. The molecule has 0 radical (unpaired) electrons. The number of hydrogen-bond acceptors (Lipinski definition) is 3. The van der Waals surface area contributed by atoms with E-state index in [4.69, 9.17) is 9.47 Å². The van der Waals surface area contributed by atoms with Gasteiger partial charge in [0, 0.05) is 32.3 Å². The summed E-state index contributed by atoms with van der Waals surface area (Å²) in [6, 6.07) is 7.22. The molecule has 0 aliphatic carbocycles. The first-order valence-electron chi connectivity index (χ1n) is 7.49. The van der Waals surface area contributed by atoms with Gasteiger partial charge in [0.05, 0.1) is 6.10 Å². The van der Waals surface area contributed by atoms with Gasteiger partial charge in [0.25, 0.3) is 0 Å². The van der Waals surface area contributed by atoms with Gasteiger partial charge in [0.15, 0.2) is 0 Å². The second kappa shape index (κ2) is 6.20. The molecule has 0 spiro atoms. The first-order chi connectivity index (χ1) is 9.78. The van der Waals surface area contributed by atoms with Crippen LogP contribution >= 0.6 is 0 Å². The fourth-order valence-corrected chi connectivity index (χ4v) is 3.37. The second-order valence-electron chi connectivity index (χ2n) is 5.59. The van der Waals surface area contributed by atoms with E-state index in [1.807, 2.05) is 19.1 Å². The van der Waals surface area contributed by atoms with Crippen molar-refractivity contribution in [1.82, 2.24) is 4.90 Å². The lowest BCUT2D eigenvalue weighted by Gasteiger charge is -2.32. The molecule has 110 valence electrons. The summed E-state index contributed by atoms with van der Waals surface area (Å²) < 4.78 is 24.7. The molecular weight excluding hydrogens is 257 g/mol. The molecule has 0 aromatic heterocycles. The van der Waals surface area contributed by atoms with Crippen molar-refractivity contribution in [2.75, 3.05) is 19.8 Å². The van der Waals surface area contributed by atoms with E-state index in [9.17, 15) is 4.39 Å². The van der Waals surface area contributed by atoms with Crippen molar-refractivity contribution in [3.05, 3.63) is 35.6 Å². The third kappa shape index (κ3) is 2.87. The van der Waals surface area contributed by atoms with E-state index in [2.05, 4.69) is 4.90 Å². The molecule has 0 saturated carbocycles. The monoisotopic (exact) mass is 279 g/mol. The van der Waals surface area contributed by atoms with Crippen molar-refractivity contribution in [1.29, 1.82) is 0 Å². The van der Waals surface area contributed by atoms with Crippen molar-refractivity contribution < 1.29 is 13.9 Å². The van der Waals surface area contributed by atoms with Crippen LogP contribution in [0.5, 0.6) is 0 Å². The lowest BCUT2D eigenvalue weighted by atomic mass is 10.0. The van der Waals surface area contributed by atoms with Gasteiger partial charge in [-0.15, -0.1) is 0 Å². The number of halogens is 1. The van der Waals surface area contributed by atoms with E-state index in [1.165, 1.54) is 12.1 Å². The Morgan fingerprint density at radius 2 is 2.15 bits per heavy atom. The van der Waals surface area contributed by atoms with Gasteiger partial charge in [-0.05, 0) is 37.5 Å². The lowest BCUT2D eigenvalue weighted by molar-refractivity contribution is -0.0749. The third-order valence-electron chi connectivity index (χ3n) is 4.26. The van der Waals surface area contributed by atoms with Crippen LogP contribution in [0.1, 0.15) is 25.3 Å². The Balaban J connectivity index is 1.70. The highest BCUT2D eigenvalue weighted by Crippen LogP contribution is 2.31. The number of hydrogen-bond donors (Lipinski definition) is 0. The maximum atomic E-state index is 13.0. The number of rotatable bonds is 4. The van der Waals surface area contributed by atoms with Crippen LogP contribution in [0.2, 0.25) is 0 Å². The zero-order valence-corrected chi connectivity index (χ0v) is 11.9. The largest absolute Gasteiger partial charge is 0.374 e. The van der Waals surface area contributed by atoms with Crippen molar-refractivity contribution in [3.63, 3.8) is 0 Å². The first-order valence-corrected chi connectivity index (χ1v) is 7.49. The number of fused-ring (bicyclic) bond motifs is 1. The van der Waals surface area contributed by atoms with Gasteiger partial charge < -0.3 is 9.47 Å². The molecule has 3 rings (SSSR count). The van der Waals surface area contributed by atoms with E-state index in [0.29, 0.717) is 6.04 Å². The molecule has 3 nitrogen and oxygen atoms in total. The van der Waals surface area contributed by atoms with Gasteiger partial charge in [-0.2, -0.15) is 0 Å².